The zero-order valence-electron chi connectivity index (χ0n) is 14.4. The Balaban J connectivity index is 1.76. The number of benzene rings is 3. The van der Waals surface area contributed by atoms with E-state index in [9.17, 15) is 17.6 Å². The van der Waals surface area contributed by atoms with Crippen LogP contribution in [-0.2, 0) is 10.0 Å². The van der Waals surface area contributed by atoms with E-state index in [2.05, 4.69) is 10.0 Å². The predicted molar refractivity (Wildman–Crippen MR) is 103 cm³/mol. The summed E-state index contributed by atoms with van der Waals surface area (Å²) in [4.78, 5) is 12.2. The molecule has 0 saturated heterocycles. The first-order chi connectivity index (χ1) is 12.8. The number of rotatable bonds is 5. The molecule has 3 rings (SSSR count). The number of hydrogen-bond acceptors (Lipinski definition) is 3. The van der Waals surface area contributed by atoms with E-state index in [1.807, 2.05) is 25.1 Å². The monoisotopic (exact) mass is 384 g/mol. The van der Waals surface area contributed by atoms with Crippen molar-refractivity contribution in [1.29, 1.82) is 0 Å². The maximum atomic E-state index is 13.7. The summed E-state index contributed by atoms with van der Waals surface area (Å²) in [6.45, 7) is 1.91. The molecule has 5 nitrogen and oxygen atoms in total. The van der Waals surface area contributed by atoms with Gasteiger partial charge in [0, 0.05) is 11.3 Å². The van der Waals surface area contributed by atoms with Crippen molar-refractivity contribution in [1.82, 2.24) is 0 Å². The second-order valence-corrected chi connectivity index (χ2v) is 7.62. The van der Waals surface area contributed by atoms with Crippen LogP contribution in [0.5, 0.6) is 0 Å². The molecule has 0 atom stereocenters. The minimum Gasteiger partial charge on any atom is -0.322 e. The molecule has 0 heterocycles. The molecule has 0 aliphatic carbocycles. The van der Waals surface area contributed by atoms with E-state index in [4.69, 9.17) is 0 Å². The number of nitrogens with one attached hydrogen (secondary N) is 2. The van der Waals surface area contributed by atoms with Crippen LogP contribution in [0.3, 0.4) is 0 Å². The fraction of sp³-hybridized carbons (Fsp3) is 0.0500. The highest BCUT2D eigenvalue weighted by Crippen LogP contribution is 2.19. The third-order valence-corrected chi connectivity index (χ3v) is 5.20. The van der Waals surface area contributed by atoms with Gasteiger partial charge in [-0.25, -0.2) is 12.8 Å². The van der Waals surface area contributed by atoms with Crippen molar-refractivity contribution in [3.63, 3.8) is 0 Å². The van der Waals surface area contributed by atoms with Crippen LogP contribution in [0.15, 0.2) is 77.7 Å². The summed E-state index contributed by atoms with van der Waals surface area (Å²) in [7, 11) is -3.96. The molecule has 0 unspecified atom stereocenters. The summed E-state index contributed by atoms with van der Waals surface area (Å²) in [5.41, 5.74) is 1.83. The lowest BCUT2D eigenvalue weighted by Gasteiger charge is -2.10. The number of hydrogen-bond donors (Lipinski definition) is 2. The molecule has 3 aromatic carbocycles. The molecule has 0 spiro atoms. The second-order valence-electron chi connectivity index (χ2n) is 5.93. The van der Waals surface area contributed by atoms with Gasteiger partial charge in [-0.1, -0.05) is 24.3 Å². The summed E-state index contributed by atoms with van der Waals surface area (Å²) in [5.74, 6) is -1.03. The van der Waals surface area contributed by atoms with Crippen molar-refractivity contribution in [3.8, 4) is 0 Å². The summed E-state index contributed by atoms with van der Waals surface area (Å²) in [6, 6.07) is 18.2. The highest BCUT2D eigenvalue weighted by Gasteiger charge is 2.17. The molecule has 0 aromatic heterocycles. The van der Waals surface area contributed by atoms with Gasteiger partial charge in [0.1, 0.15) is 5.82 Å². The van der Waals surface area contributed by atoms with Crippen LogP contribution >= 0.6 is 0 Å². The van der Waals surface area contributed by atoms with Crippen molar-refractivity contribution in [2.45, 2.75) is 11.8 Å². The third kappa shape index (κ3) is 4.51. The van der Waals surface area contributed by atoms with E-state index in [-0.39, 0.29) is 16.5 Å². The Morgan fingerprint density at radius 3 is 2.30 bits per heavy atom. The van der Waals surface area contributed by atoms with Gasteiger partial charge in [0.15, 0.2) is 0 Å². The number of para-hydroxylation sites is 1. The van der Waals surface area contributed by atoms with Gasteiger partial charge in [-0.05, 0) is 61.0 Å². The van der Waals surface area contributed by atoms with Crippen LogP contribution in [0.1, 0.15) is 15.9 Å². The first-order valence-electron chi connectivity index (χ1n) is 8.10. The average molecular weight is 384 g/mol. The van der Waals surface area contributed by atoms with Gasteiger partial charge in [-0.2, -0.15) is 0 Å². The minimum atomic E-state index is -3.96. The Hall–Kier alpha value is -3.19. The number of carbonyl (C=O) groups is 1. The van der Waals surface area contributed by atoms with Gasteiger partial charge in [0.05, 0.1) is 10.6 Å². The number of halogens is 1. The SMILES string of the molecule is Cc1cccc(NC(=O)c2ccc(S(=O)(=O)Nc3ccccc3F)cc2)c1. The quantitative estimate of drug-likeness (QED) is 0.693. The maximum Gasteiger partial charge on any atom is 0.261 e. The molecule has 7 heteroatoms. The van der Waals surface area contributed by atoms with Crippen LogP contribution in [0.4, 0.5) is 15.8 Å². The zero-order valence-corrected chi connectivity index (χ0v) is 15.3. The number of amides is 1. The van der Waals surface area contributed by atoms with Crippen LogP contribution < -0.4 is 10.0 Å². The summed E-state index contributed by atoms with van der Waals surface area (Å²) in [5, 5.41) is 2.75. The van der Waals surface area contributed by atoms with Crippen LogP contribution in [0.2, 0.25) is 0 Å². The lowest BCUT2D eigenvalue weighted by Crippen LogP contribution is -2.15. The van der Waals surface area contributed by atoms with Crippen molar-refractivity contribution in [2.24, 2.45) is 0 Å². The summed E-state index contributed by atoms with van der Waals surface area (Å²) < 4.78 is 40.6. The number of carbonyl (C=O) groups excluding carboxylic acids is 1. The Bertz CT molecular complexity index is 1080. The molecule has 3 aromatic rings. The van der Waals surface area contributed by atoms with Crippen LogP contribution in [0.25, 0.3) is 0 Å². The fourth-order valence-electron chi connectivity index (χ4n) is 2.46. The molecule has 0 radical (unpaired) electrons. The standard InChI is InChI=1S/C20H17FN2O3S/c1-14-5-4-6-16(13-14)22-20(24)15-9-11-17(12-10-15)27(25,26)23-19-8-3-2-7-18(19)21/h2-13,23H,1H3,(H,22,24). The van der Waals surface area contributed by atoms with E-state index in [0.29, 0.717) is 11.3 Å². The Morgan fingerprint density at radius 1 is 0.926 bits per heavy atom. The number of aryl methyl sites for hydroxylation is 1. The molecule has 0 saturated carbocycles. The zero-order chi connectivity index (χ0) is 19.4. The summed E-state index contributed by atoms with van der Waals surface area (Å²) in [6.07, 6.45) is 0. The topological polar surface area (TPSA) is 75.3 Å². The Morgan fingerprint density at radius 2 is 1.63 bits per heavy atom. The lowest BCUT2D eigenvalue weighted by molar-refractivity contribution is 0.102. The molecule has 0 bridgehead atoms. The van der Waals surface area contributed by atoms with E-state index >= 15 is 0 Å². The second kappa shape index (κ2) is 7.59. The van der Waals surface area contributed by atoms with Crippen molar-refractivity contribution < 1.29 is 17.6 Å². The van der Waals surface area contributed by atoms with Crippen LogP contribution in [0, 0.1) is 12.7 Å². The molecular weight excluding hydrogens is 367 g/mol. The van der Waals surface area contributed by atoms with Crippen molar-refractivity contribution >= 4 is 27.3 Å². The lowest BCUT2D eigenvalue weighted by atomic mass is 10.2. The Kier molecular flexibility index (Phi) is 5.23. The predicted octanol–water partition coefficient (Wildman–Crippen LogP) is 4.19. The highest BCUT2D eigenvalue weighted by molar-refractivity contribution is 7.92. The molecule has 2 N–H and O–H groups in total. The number of sulfonamides is 1. The average Bonchev–Trinajstić information content (AvgIpc) is 2.64. The Labute approximate surface area is 156 Å². The van der Waals surface area contributed by atoms with E-state index in [1.165, 1.54) is 42.5 Å². The molecule has 27 heavy (non-hydrogen) atoms. The normalized spacial score (nSPS) is 11.0. The van der Waals surface area contributed by atoms with Gasteiger partial charge < -0.3 is 5.32 Å². The van der Waals surface area contributed by atoms with E-state index in [0.717, 1.165) is 11.6 Å². The van der Waals surface area contributed by atoms with E-state index in [1.54, 1.807) is 6.07 Å². The largest absolute Gasteiger partial charge is 0.322 e. The molecule has 138 valence electrons. The van der Waals surface area contributed by atoms with Crippen LogP contribution in [-0.4, -0.2) is 14.3 Å². The van der Waals surface area contributed by atoms with Crippen molar-refractivity contribution in [3.05, 3.63) is 89.7 Å². The molecular formula is C20H17FN2O3S. The van der Waals surface area contributed by atoms with E-state index < -0.39 is 15.8 Å². The molecule has 0 aliphatic rings. The van der Waals surface area contributed by atoms with Gasteiger partial charge >= 0.3 is 0 Å². The van der Waals surface area contributed by atoms with Gasteiger partial charge in [0.25, 0.3) is 15.9 Å². The molecule has 0 fully saturated rings. The van der Waals surface area contributed by atoms with Gasteiger partial charge in [-0.15, -0.1) is 0 Å². The molecule has 0 aliphatic heterocycles. The third-order valence-electron chi connectivity index (χ3n) is 3.82. The first kappa shape index (κ1) is 18.6. The van der Waals surface area contributed by atoms with Gasteiger partial charge in [-0.3, -0.25) is 9.52 Å². The number of anilines is 2. The smallest absolute Gasteiger partial charge is 0.261 e. The molecule has 1 amide bonds. The summed E-state index contributed by atoms with van der Waals surface area (Å²) >= 11 is 0. The maximum absolute atomic E-state index is 13.7. The minimum absolute atomic E-state index is 0.0714. The van der Waals surface area contributed by atoms with Crippen molar-refractivity contribution in [2.75, 3.05) is 10.0 Å². The fourth-order valence-corrected chi connectivity index (χ4v) is 3.53. The highest BCUT2D eigenvalue weighted by atomic mass is 32.2. The first-order valence-corrected chi connectivity index (χ1v) is 9.59. The van der Waals surface area contributed by atoms with Gasteiger partial charge in [0.2, 0.25) is 0 Å².